The summed E-state index contributed by atoms with van der Waals surface area (Å²) in [6.07, 6.45) is 3.42. The number of thiazole rings is 1. The average Bonchev–Trinajstić information content (AvgIpc) is 2.93. The zero-order valence-electron chi connectivity index (χ0n) is 15.9. The van der Waals surface area contributed by atoms with Crippen molar-refractivity contribution < 1.29 is 18.7 Å². The topological polar surface area (TPSA) is 80.3 Å². The minimum Gasteiger partial charge on any atom is -0.444 e. The van der Waals surface area contributed by atoms with Crippen molar-refractivity contribution >= 4 is 38.7 Å². The Labute approximate surface area is 162 Å². The van der Waals surface area contributed by atoms with E-state index in [9.17, 15) is 14.0 Å². The maximum absolute atomic E-state index is 13.2. The van der Waals surface area contributed by atoms with Gasteiger partial charge in [-0.2, -0.15) is 0 Å². The predicted molar refractivity (Wildman–Crippen MR) is 106 cm³/mol. The van der Waals surface area contributed by atoms with Crippen molar-refractivity contribution in [3.8, 4) is 0 Å². The highest BCUT2D eigenvalue weighted by atomic mass is 32.1. The van der Waals surface area contributed by atoms with Crippen molar-refractivity contribution in [3.05, 3.63) is 24.0 Å². The van der Waals surface area contributed by atoms with Crippen LogP contribution in [-0.4, -0.2) is 29.1 Å². The van der Waals surface area contributed by atoms with E-state index in [-0.39, 0.29) is 11.7 Å². The summed E-state index contributed by atoms with van der Waals surface area (Å²) in [6.45, 7) is 6.03. The normalized spacial score (nSPS) is 11.4. The van der Waals surface area contributed by atoms with Gasteiger partial charge in [0.05, 0.1) is 10.2 Å². The summed E-state index contributed by atoms with van der Waals surface area (Å²) in [4.78, 5) is 27.7. The molecule has 148 valence electrons. The molecule has 0 aliphatic rings. The third kappa shape index (κ3) is 7.90. The summed E-state index contributed by atoms with van der Waals surface area (Å²) in [5.41, 5.74) is 0.184. The van der Waals surface area contributed by atoms with Gasteiger partial charge in [-0.05, 0) is 51.8 Å². The number of halogens is 1. The summed E-state index contributed by atoms with van der Waals surface area (Å²) < 4.78 is 19.0. The van der Waals surface area contributed by atoms with E-state index < -0.39 is 11.7 Å². The number of hydrogen-bond donors (Lipinski definition) is 2. The lowest BCUT2D eigenvalue weighted by Crippen LogP contribution is -2.32. The molecule has 2 aromatic rings. The summed E-state index contributed by atoms with van der Waals surface area (Å²) in [6, 6.07) is 4.36. The zero-order chi connectivity index (χ0) is 19.9. The van der Waals surface area contributed by atoms with Crippen molar-refractivity contribution in [2.75, 3.05) is 11.9 Å². The number of ether oxygens (including phenoxy) is 1. The van der Waals surface area contributed by atoms with Crippen LogP contribution in [0.1, 0.15) is 52.9 Å². The average molecular weight is 396 g/mol. The first kappa shape index (κ1) is 21.1. The second kappa shape index (κ2) is 9.64. The number of carbonyl (C=O) groups is 2. The van der Waals surface area contributed by atoms with Gasteiger partial charge in [-0.3, -0.25) is 4.79 Å². The number of fused-ring (bicyclic) bond motifs is 1. The molecule has 1 aromatic carbocycles. The Kier molecular flexibility index (Phi) is 7.53. The van der Waals surface area contributed by atoms with E-state index in [0.29, 0.717) is 28.3 Å². The molecule has 0 atom stereocenters. The smallest absolute Gasteiger partial charge is 0.407 e. The number of amides is 2. The van der Waals surface area contributed by atoms with E-state index in [1.165, 1.54) is 23.5 Å². The third-order valence-electron chi connectivity index (χ3n) is 3.60. The van der Waals surface area contributed by atoms with Crippen molar-refractivity contribution in [1.82, 2.24) is 10.3 Å². The first-order chi connectivity index (χ1) is 12.7. The number of aromatic nitrogens is 1. The summed E-state index contributed by atoms with van der Waals surface area (Å²) in [7, 11) is 0. The molecule has 27 heavy (non-hydrogen) atoms. The Morgan fingerprint density at radius 3 is 2.67 bits per heavy atom. The fourth-order valence-electron chi connectivity index (χ4n) is 2.40. The molecule has 0 saturated heterocycles. The monoisotopic (exact) mass is 395 g/mol. The van der Waals surface area contributed by atoms with E-state index >= 15 is 0 Å². The van der Waals surface area contributed by atoms with E-state index in [2.05, 4.69) is 15.6 Å². The maximum Gasteiger partial charge on any atom is 0.407 e. The SMILES string of the molecule is CC(C)(C)OC(=O)NCCCCCCC(=O)Nc1nc2ccc(F)cc2s1. The molecule has 0 spiro atoms. The molecule has 2 N–H and O–H groups in total. The van der Waals surface area contributed by atoms with Gasteiger partial charge in [0.1, 0.15) is 11.4 Å². The van der Waals surface area contributed by atoms with Crippen molar-refractivity contribution in [3.63, 3.8) is 0 Å². The molecule has 8 heteroatoms. The second-order valence-corrected chi connectivity index (χ2v) is 8.30. The van der Waals surface area contributed by atoms with Crippen LogP contribution >= 0.6 is 11.3 Å². The van der Waals surface area contributed by atoms with E-state index in [1.54, 1.807) is 6.07 Å². The van der Waals surface area contributed by atoms with Crippen molar-refractivity contribution in [2.24, 2.45) is 0 Å². The Morgan fingerprint density at radius 2 is 1.93 bits per heavy atom. The Morgan fingerprint density at radius 1 is 1.19 bits per heavy atom. The number of benzene rings is 1. The van der Waals surface area contributed by atoms with Gasteiger partial charge in [0.15, 0.2) is 5.13 Å². The number of rotatable bonds is 8. The Hall–Kier alpha value is -2.22. The number of nitrogens with one attached hydrogen (secondary N) is 2. The molecular weight excluding hydrogens is 369 g/mol. The Balaban J connectivity index is 1.57. The van der Waals surface area contributed by atoms with Crippen LogP contribution in [0, 0.1) is 5.82 Å². The first-order valence-electron chi connectivity index (χ1n) is 9.06. The molecular formula is C19H26FN3O3S. The molecule has 0 saturated carbocycles. The maximum atomic E-state index is 13.2. The van der Waals surface area contributed by atoms with Gasteiger partial charge in [0.25, 0.3) is 0 Å². The molecule has 0 bridgehead atoms. The molecule has 2 rings (SSSR count). The molecule has 6 nitrogen and oxygen atoms in total. The quantitative estimate of drug-likeness (QED) is 0.626. The van der Waals surface area contributed by atoms with E-state index in [0.717, 1.165) is 25.7 Å². The zero-order valence-corrected chi connectivity index (χ0v) is 16.7. The van der Waals surface area contributed by atoms with Crippen LogP contribution in [0.15, 0.2) is 18.2 Å². The molecule has 2 amide bonds. The number of unbranched alkanes of at least 4 members (excludes halogenated alkanes) is 3. The third-order valence-corrected chi connectivity index (χ3v) is 4.53. The lowest BCUT2D eigenvalue weighted by atomic mass is 10.1. The summed E-state index contributed by atoms with van der Waals surface area (Å²) >= 11 is 1.26. The Bertz CT molecular complexity index is 786. The lowest BCUT2D eigenvalue weighted by molar-refractivity contribution is -0.116. The fraction of sp³-hybridized carbons (Fsp3) is 0.526. The lowest BCUT2D eigenvalue weighted by Gasteiger charge is -2.19. The molecule has 0 fully saturated rings. The highest BCUT2D eigenvalue weighted by molar-refractivity contribution is 7.22. The molecule has 1 aromatic heterocycles. The van der Waals surface area contributed by atoms with Gasteiger partial charge < -0.3 is 15.4 Å². The van der Waals surface area contributed by atoms with Crippen LogP contribution in [-0.2, 0) is 9.53 Å². The number of hydrogen-bond acceptors (Lipinski definition) is 5. The van der Waals surface area contributed by atoms with Crippen molar-refractivity contribution in [1.29, 1.82) is 0 Å². The number of anilines is 1. The van der Waals surface area contributed by atoms with Gasteiger partial charge in [-0.15, -0.1) is 0 Å². The van der Waals surface area contributed by atoms with E-state index in [1.807, 2.05) is 20.8 Å². The number of alkyl carbamates (subject to hydrolysis) is 1. The van der Waals surface area contributed by atoms with Crippen LogP contribution in [0.3, 0.4) is 0 Å². The molecule has 1 heterocycles. The van der Waals surface area contributed by atoms with Gasteiger partial charge in [-0.25, -0.2) is 14.2 Å². The van der Waals surface area contributed by atoms with Crippen LogP contribution in [0.2, 0.25) is 0 Å². The standard InChI is InChI=1S/C19H26FN3O3S/c1-19(2,3)26-18(25)21-11-7-5-4-6-8-16(24)23-17-22-14-10-9-13(20)12-15(14)27-17/h9-10,12H,4-8,11H2,1-3H3,(H,21,25)(H,22,23,24). The molecule has 0 aliphatic heterocycles. The first-order valence-corrected chi connectivity index (χ1v) is 9.87. The van der Waals surface area contributed by atoms with Gasteiger partial charge >= 0.3 is 6.09 Å². The summed E-state index contributed by atoms with van der Waals surface area (Å²) in [5, 5.41) is 5.96. The van der Waals surface area contributed by atoms with Crippen LogP contribution in [0.25, 0.3) is 10.2 Å². The minimum atomic E-state index is -0.491. The van der Waals surface area contributed by atoms with Crippen LogP contribution in [0.5, 0.6) is 0 Å². The van der Waals surface area contributed by atoms with Gasteiger partial charge in [0, 0.05) is 13.0 Å². The molecule has 0 unspecified atom stereocenters. The predicted octanol–water partition coefficient (Wildman–Crippen LogP) is 4.85. The largest absolute Gasteiger partial charge is 0.444 e. The van der Waals surface area contributed by atoms with Crippen LogP contribution < -0.4 is 10.6 Å². The highest BCUT2D eigenvalue weighted by Gasteiger charge is 2.15. The summed E-state index contributed by atoms with van der Waals surface area (Å²) in [5.74, 6) is -0.411. The second-order valence-electron chi connectivity index (χ2n) is 7.27. The van der Waals surface area contributed by atoms with Gasteiger partial charge in [-0.1, -0.05) is 24.2 Å². The molecule has 0 radical (unpaired) electrons. The molecule has 0 aliphatic carbocycles. The number of carbonyl (C=O) groups excluding carboxylic acids is 2. The highest BCUT2D eigenvalue weighted by Crippen LogP contribution is 2.26. The van der Waals surface area contributed by atoms with Gasteiger partial charge in [0.2, 0.25) is 5.91 Å². The number of nitrogens with zero attached hydrogens (tertiary/aromatic N) is 1. The van der Waals surface area contributed by atoms with Crippen molar-refractivity contribution in [2.45, 2.75) is 58.5 Å². The fourth-order valence-corrected chi connectivity index (χ4v) is 3.31. The minimum absolute atomic E-state index is 0.0959. The van der Waals surface area contributed by atoms with E-state index in [4.69, 9.17) is 4.74 Å². The van der Waals surface area contributed by atoms with Crippen LogP contribution in [0.4, 0.5) is 14.3 Å².